The van der Waals surface area contributed by atoms with Crippen molar-refractivity contribution in [2.24, 2.45) is 0 Å². The Morgan fingerprint density at radius 1 is 1.04 bits per heavy atom. The molecule has 1 amide bonds. The number of ether oxygens (including phenoxy) is 2. The molecule has 1 atom stereocenters. The van der Waals surface area contributed by atoms with Gasteiger partial charge in [0, 0.05) is 17.4 Å². The summed E-state index contributed by atoms with van der Waals surface area (Å²) in [6, 6.07) is 11.0. The fraction of sp³-hybridized carbons (Fsp3) is 0.316. The van der Waals surface area contributed by atoms with Crippen LogP contribution in [0.3, 0.4) is 0 Å². The van der Waals surface area contributed by atoms with Gasteiger partial charge in [0.25, 0.3) is 0 Å². The van der Waals surface area contributed by atoms with Gasteiger partial charge in [0.2, 0.25) is 5.91 Å². The highest BCUT2D eigenvalue weighted by Gasteiger charge is 2.16. The van der Waals surface area contributed by atoms with Crippen LogP contribution in [-0.4, -0.2) is 26.2 Å². The van der Waals surface area contributed by atoms with Gasteiger partial charge in [-0.25, -0.2) is 0 Å². The largest absolute Gasteiger partial charge is 0.493 e. The van der Waals surface area contributed by atoms with E-state index >= 15 is 0 Å². The molecule has 2 rings (SSSR count). The number of rotatable bonds is 6. The molecule has 0 heterocycles. The molecule has 0 saturated carbocycles. The summed E-state index contributed by atoms with van der Waals surface area (Å²) in [7, 11) is 3.19. The fourth-order valence-corrected chi connectivity index (χ4v) is 2.41. The summed E-state index contributed by atoms with van der Waals surface area (Å²) in [5.41, 5.74) is 3.70. The first kappa shape index (κ1) is 17.7. The summed E-state index contributed by atoms with van der Waals surface area (Å²) >= 11 is 0. The Kier molecular flexibility index (Phi) is 5.68. The van der Waals surface area contributed by atoms with E-state index in [1.165, 1.54) is 0 Å². The van der Waals surface area contributed by atoms with E-state index in [1.807, 2.05) is 57.2 Å². The molecule has 5 nitrogen and oxygen atoms in total. The van der Waals surface area contributed by atoms with E-state index in [-0.39, 0.29) is 5.91 Å². The number of methoxy groups -OCH3 is 2. The minimum absolute atomic E-state index is 0.102. The normalized spacial score (nSPS) is 11.5. The van der Waals surface area contributed by atoms with Crippen LogP contribution in [0.15, 0.2) is 36.4 Å². The Hall–Kier alpha value is -2.69. The highest BCUT2D eigenvalue weighted by molar-refractivity contribution is 5.96. The molecule has 24 heavy (non-hydrogen) atoms. The lowest BCUT2D eigenvalue weighted by Crippen LogP contribution is -2.32. The first-order valence-electron chi connectivity index (χ1n) is 7.81. The van der Waals surface area contributed by atoms with Gasteiger partial charge in [-0.1, -0.05) is 12.1 Å². The maximum Gasteiger partial charge on any atom is 0.246 e. The van der Waals surface area contributed by atoms with Gasteiger partial charge >= 0.3 is 0 Å². The Bertz CT molecular complexity index is 729. The zero-order valence-corrected chi connectivity index (χ0v) is 14.8. The van der Waals surface area contributed by atoms with E-state index in [2.05, 4.69) is 10.6 Å². The third kappa shape index (κ3) is 4.19. The SMILES string of the molecule is COc1cc(C)c(N[C@H](C)C(=O)Nc2cccc(C)c2)cc1OC. The lowest BCUT2D eigenvalue weighted by Gasteiger charge is -2.19. The summed E-state index contributed by atoms with van der Waals surface area (Å²) in [6.45, 7) is 5.76. The van der Waals surface area contributed by atoms with Crippen LogP contribution >= 0.6 is 0 Å². The average molecular weight is 328 g/mol. The van der Waals surface area contributed by atoms with Gasteiger partial charge in [0.05, 0.1) is 14.2 Å². The lowest BCUT2D eigenvalue weighted by atomic mass is 10.1. The second-order valence-corrected chi connectivity index (χ2v) is 5.75. The van der Waals surface area contributed by atoms with E-state index in [0.29, 0.717) is 11.5 Å². The number of aryl methyl sites for hydroxylation is 2. The van der Waals surface area contributed by atoms with Gasteiger partial charge < -0.3 is 20.1 Å². The maximum atomic E-state index is 12.4. The Balaban J connectivity index is 2.11. The highest BCUT2D eigenvalue weighted by Crippen LogP contribution is 2.33. The van der Waals surface area contributed by atoms with Gasteiger partial charge in [-0.3, -0.25) is 4.79 Å². The minimum Gasteiger partial charge on any atom is -0.493 e. The van der Waals surface area contributed by atoms with E-state index in [1.54, 1.807) is 14.2 Å². The maximum absolute atomic E-state index is 12.4. The second-order valence-electron chi connectivity index (χ2n) is 5.75. The van der Waals surface area contributed by atoms with Crippen LogP contribution in [0.2, 0.25) is 0 Å². The van der Waals surface area contributed by atoms with Crippen molar-refractivity contribution >= 4 is 17.3 Å². The zero-order valence-electron chi connectivity index (χ0n) is 14.8. The number of hydrogen-bond donors (Lipinski definition) is 2. The van der Waals surface area contributed by atoms with Crippen molar-refractivity contribution in [1.82, 2.24) is 0 Å². The zero-order chi connectivity index (χ0) is 17.7. The summed E-state index contributed by atoms with van der Waals surface area (Å²) in [5, 5.41) is 6.14. The van der Waals surface area contributed by atoms with Crippen LogP contribution in [0.25, 0.3) is 0 Å². The second kappa shape index (κ2) is 7.73. The monoisotopic (exact) mass is 328 g/mol. The topological polar surface area (TPSA) is 59.6 Å². The van der Waals surface area contributed by atoms with Crippen molar-refractivity contribution in [3.63, 3.8) is 0 Å². The molecule has 0 aliphatic rings. The molecule has 5 heteroatoms. The van der Waals surface area contributed by atoms with Crippen LogP contribution in [0, 0.1) is 13.8 Å². The van der Waals surface area contributed by atoms with E-state index in [0.717, 1.165) is 22.5 Å². The van der Waals surface area contributed by atoms with Gasteiger partial charge in [-0.2, -0.15) is 0 Å². The van der Waals surface area contributed by atoms with Gasteiger partial charge in [0.1, 0.15) is 6.04 Å². The number of hydrogen-bond acceptors (Lipinski definition) is 4. The van der Waals surface area contributed by atoms with Crippen molar-refractivity contribution in [3.8, 4) is 11.5 Å². The molecule has 2 aromatic rings. The molecular weight excluding hydrogens is 304 g/mol. The Labute approximate surface area is 143 Å². The van der Waals surface area contributed by atoms with Crippen molar-refractivity contribution in [2.75, 3.05) is 24.9 Å². The van der Waals surface area contributed by atoms with E-state index < -0.39 is 6.04 Å². The summed E-state index contributed by atoms with van der Waals surface area (Å²) in [4.78, 5) is 12.4. The molecule has 2 N–H and O–H groups in total. The summed E-state index contributed by atoms with van der Waals surface area (Å²) in [6.07, 6.45) is 0. The molecule has 0 aliphatic carbocycles. The molecule has 0 fully saturated rings. The van der Waals surface area contributed by atoms with Crippen molar-refractivity contribution in [1.29, 1.82) is 0 Å². The van der Waals surface area contributed by atoms with Crippen LogP contribution in [0.5, 0.6) is 11.5 Å². The van der Waals surface area contributed by atoms with E-state index in [4.69, 9.17) is 9.47 Å². The van der Waals surface area contributed by atoms with Crippen molar-refractivity contribution in [3.05, 3.63) is 47.5 Å². The molecule has 0 aromatic heterocycles. The predicted molar refractivity (Wildman–Crippen MR) is 97.2 cm³/mol. The first-order chi connectivity index (χ1) is 11.4. The first-order valence-corrected chi connectivity index (χ1v) is 7.81. The van der Waals surface area contributed by atoms with Gasteiger partial charge in [-0.15, -0.1) is 0 Å². The lowest BCUT2D eigenvalue weighted by molar-refractivity contribution is -0.116. The van der Waals surface area contributed by atoms with Crippen molar-refractivity contribution in [2.45, 2.75) is 26.8 Å². The third-order valence-corrected chi connectivity index (χ3v) is 3.78. The number of carbonyl (C=O) groups excluding carboxylic acids is 1. The summed E-state index contributed by atoms with van der Waals surface area (Å²) in [5.74, 6) is 1.18. The molecule has 0 saturated heterocycles. The number of carbonyl (C=O) groups is 1. The predicted octanol–water partition coefficient (Wildman–Crippen LogP) is 3.76. The molecule has 0 spiro atoms. The standard InChI is InChI=1S/C19H24N2O3/c1-12-7-6-8-15(9-12)21-19(22)14(3)20-16-11-18(24-5)17(23-4)10-13(16)2/h6-11,14,20H,1-5H3,(H,21,22)/t14-/m1/s1. The quantitative estimate of drug-likeness (QED) is 0.847. The van der Waals surface area contributed by atoms with E-state index in [9.17, 15) is 4.79 Å². The Morgan fingerprint density at radius 3 is 2.33 bits per heavy atom. The molecule has 2 aromatic carbocycles. The van der Waals surface area contributed by atoms with Gasteiger partial charge in [0.15, 0.2) is 11.5 Å². The van der Waals surface area contributed by atoms with Crippen LogP contribution in [0.1, 0.15) is 18.1 Å². The van der Waals surface area contributed by atoms with Gasteiger partial charge in [-0.05, 0) is 50.1 Å². The molecular formula is C19H24N2O3. The number of amides is 1. The fourth-order valence-electron chi connectivity index (χ4n) is 2.41. The number of benzene rings is 2. The van der Waals surface area contributed by atoms with Crippen LogP contribution < -0.4 is 20.1 Å². The third-order valence-electron chi connectivity index (χ3n) is 3.78. The molecule has 0 aliphatic heterocycles. The highest BCUT2D eigenvalue weighted by atomic mass is 16.5. The summed E-state index contributed by atoms with van der Waals surface area (Å²) < 4.78 is 10.6. The number of anilines is 2. The van der Waals surface area contributed by atoms with Crippen molar-refractivity contribution < 1.29 is 14.3 Å². The number of nitrogens with one attached hydrogen (secondary N) is 2. The minimum atomic E-state index is -0.401. The van der Waals surface area contributed by atoms with Crippen LogP contribution in [-0.2, 0) is 4.79 Å². The molecule has 0 bridgehead atoms. The Morgan fingerprint density at radius 2 is 1.71 bits per heavy atom. The molecule has 0 radical (unpaired) electrons. The molecule has 0 unspecified atom stereocenters. The van der Waals surface area contributed by atoms with Crippen LogP contribution in [0.4, 0.5) is 11.4 Å². The molecule has 128 valence electrons. The smallest absolute Gasteiger partial charge is 0.246 e. The average Bonchev–Trinajstić information content (AvgIpc) is 2.56.